The lowest BCUT2D eigenvalue weighted by Gasteiger charge is -2.07. The predicted molar refractivity (Wildman–Crippen MR) is 153 cm³/mol. The van der Waals surface area contributed by atoms with E-state index in [0.29, 0.717) is 5.39 Å². The molecule has 0 aliphatic carbocycles. The Morgan fingerprint density at radius 1 is 0.583 bits per heavy atom. The number of fused-ring (bicyclic) bond motifs is 1. The van der Waals surface area contributed by atoms with E-state index in [2.05, 4.69) is 74.2 Å². The first-order chi connectivity index (χ1) is 17.7. The molecule has 0 atom stereocenters. The summed E-state index contributed by atoms with van der Waals surface area (Å²) in [5, 5.41) is 1.60. The van der Waals surface area contributed by atoms with Crippen molar-refractivity contribution in [3.8, 4) is 23.0 Å². The molecule has 0 heterocycles. The van der Waals surface area contributed by atoms with Gasteiger partial charge in [0.1, 0.15) is 5.82 Å². The summed E-state index contributed by atoms with van der Waals surface area (Å²) in [5.74, 6) is 6.44. The van der Waals surface area contributed by atoms with Crippen LogP contribution in [0.25, 0.3) is 21.9 Å². The molecule has 4 aromatic carbocycles. The lowest BCUT2D eigenvalue weighted by atomic mass is 9.99. The molecule has 4 rings (SSSR count). The molecule has 0 nitrogen and oxygen atoms in total. The maximum absolute atomic E-state index is 15.0. The molecule has 0 amide bonds. The number of hydrogen-bond acceptors (Lipinski definition) is 0. The van der Waals surface area contributed by atoms with Crippen molar-refractivity contribution in [2.75, 3.05) is 0 Å². The Morgan fingerprint density at radius 3 is 1.92 bits per heavy atom. The first-order valence-electron chi connectivity index (χ1n) is 13.6. The maximum atomic E-state index is 15.0. The third-order valence-corrected chi connectivity index (χ3v) is 6.93. The van der Waals surface area contributed by atoms with Crippen molar-refractivity contribution in [1.29, 1.82) is 0 Å². The summed E-state index contributed by atoms with van der Waals surface area (Å²) < 4.78 is 15.0. The van der Waals surface area contributed by atoms with Crippen LogP contribution in [0, 0.1) is 17.7 Å². The molecule has 0 unspecified atom stereocenters. The summed E-state index contributed by atoms with van der Waals surface area (Å²) in [6.45, 7) is 4.44. The largest absolute Gasteiger partial charge is 0.206 e. The Bertz CT molecular complexity index is 1320. The van der Waals surface area contributed by atoms with Gasteiger partial charge >= 0.3 is 0 Å². The van der Waals surface area contributed by atoms with Crippen LogP contribution in [0.15, 0.2) is 78.9 Å². The molecule has 4 aromatic rings. The molecular formula is C35H37F. The average Bonchev–Trinajstić information content (AvgIpc) is 2.92. The Hall–Kier alpha value is -3.37. The van der Waals surface area contributed by atoms with Gasteiger partial charge in [-0.05, 0) is 77.6 Å². The second-order valence-corrected chi connectivity index (χ2v) is 9.77. The van der Waals surface area contributed by atoms with Crippen molar-refractivity contribution in [3.63, 3.8) is 0 Å². The van der Waals surface area contributed by atoms with Crippen LogP contribution in [0.3, 0.4) is 0 Å². The summed E-state index contributed by atoms with van der Waals surface area (Å²) in [5.41, 5.74) is 6.54. The van der Waals surface area contributed by atoms with Gasteiger partial charge in [-0.2, -0.15) is 0 Å². The van der Waals surface area contributed by atoms with Gasteiger partial charge in [0.2, 0.25) is 0 Å². The van der Waals surface area contributed by atoms with Crippen molar-refractivity contribution in [1.82, 2.24) is 0 Å². The quantitative estimate of drug-likeness (QED) is 0.158. The minimum absolute atomic E-state index is 0.0758. The molecule has 0 N–H and O–H groups in total. The average molecular weight is 477 g/mol. The topological polar surface area (TPSA) is 0 Å². The number of halogens is 1. The van der Waals surface area contributed by atoms with Crippen molar-refractivity contribution in [2.45, 2.75) is 71.6 Å². The number of hydrogen-bond donors (Lipinski definition) is 0. The van der Waals surface area contributed by atoms with Crippen LogP contribution >= 0.6 is 0 Å². The van der Waals surface area contributed by atoms with Crippen LogP contribution in [0.1, 0.15) is 81.0 Å². The van der Waals surface area contributed by atoms with E-state index in [4.69, 9.17) is 0 Å². The van der Waals surface area contributed by atoms with E-state index in [1.54, 1.807) is 0 Å². The smallest absolute Gasteiger partial charge is 0.134 e. The number of benzene rings is 4. The summed E-state index contributed by atoms with van der Waals surface area (Å²) >= 11 is 0. The molecule has 0 bridgehead atoms. The lowest BCUT2D eigenvalue weighted by Crippen LogP contribution is -1.93. The van der Waals surface area contributed by atoms with Crippen molar-refractivity contribution < 1.29 is 4.39 Å². The number of rotatable bonds is 10. The van der Waals surface area contributed by atoms with Gasteiger partial charge < -0.3 is 0 Å². The fourth-order valence-electron chi connectivity index (χ4n) is 4.68. The summed E-state index contributed by atoms with van der Waals surface area (Å²) in [4.78, 5) is 0. The normalized spacial score (nSPS) is 10.9. The molecule has 0 aliphatic heterocycles. The van der Waals surface area contributed by atoms with Crippen molar-refractivity contribution in [2.24, 2.45) is 0 Å². The molecule has 0 spiro atoms. The Morgan fingerprint density at radius 2 is 1.19 bits per heavy atom. The standard InChI is InChI=1S/C35H37F/c1-3-5-7-9-11-32-23-24-33-26-29(18-25-34(33)35(32)36)13-12-28-16-21-31(22-17-28)30-19-14-27(15-20-30)10-8-6-4-2/h14-26H,3-11H2,1-2H3. The van der Waals surface area contributed by atoms with Gasteiger partial charge in [-0.1, -0.05) is 112 Å². The monoisotopic (exact) mass is 476 g/mol. The fourth-order valence-corrected chi connectivity index (χ4v) is 4.68. The first-order valence-corrected chi connectivity index (χ1v) is 13.6. The highest BCUT2D eigenvalue weighted by Gasteiger charge is 2.07. The Balaban J connectivity index is 1.42. The summed E-state index contributed by atoms with van der Waals surface area (Å²) in [6, 6.07) is 27.1. The first kappa shape index (κ1) is 25.7. The van der Waals surface area contributed by atoms with Gasteiger partial charge in [0.05, 0.1) is 0 Å². The Kier molecular flexibility index (Phi) is 9.34. The van der Waals surface area contributed by atoms with Gasteiger partial charge in [-0.25, -0.2) is 4.39 Å². The maximum Gasteiger partial charge on any atom is 0.134 e. The van der Waals surface area contributed by atoms with Gasteiger partial charge in [0, 0.05) is 16.5 Å². The van der Waals surface area contributed by atoms with E-state index in [0.717, 1.165) is 47.8 Å². The second kappa shape index (κ2) is 13.1. The molecule has 0 saturated heterocycles. The molecule has 0 radical (unpaired) electrons. The SMILES string of the molecule is CCCCCCc1ccc2cc(C#Cc3ccc(-c4ccc(CCCCC)cc4)cc3)ccc2c1F. The van der Waals surface area contributed by atoms with Crippen LogP contribution < -0.4 is 0 Å². The minimum Gasteiger partial charge on any atom is -0.206 e. The molecule has 0 saturated carbocycles. The van der Waals surface area contributed by atoms with Gasteiger partial charge in [-0.3, -0.25) is 0 Å². The van der Waals surface area contributed by atoms with Gasteiger partial charge in [-0.15, -0.1) is 0 Å². The summed E-state index contributed by atoms with van der Waals surface area (Å²) in [7, 11) is 0. The predicted octanol–water partition coefficient (Wildman–Crippen LogP) is 9.90. The highest BCUT2D eigenvalue weighted by atomic mass is 19.1. The fraction of sp³-hybridized carbons (Fsp3) is 0.314. The Labute approximate surface area is 216 Å². The van der Waals surface area contributed by atoms with E-state index >= 15 is 0 Å². The van der Waals surface area contributed by atoms with Crippen LogP contribution in [-0.2, 0) is 12.8 Å². The number of aryl methyl sites for hydroxylation is 2. The van der Waals surface area contributed by atoms with E-state index in [-0.39, 0.29) is 5.82 Å². The minimum atomic E-state index is -0.0758. The zero-order chi connectivity index (χ0) is 25.2. The highest BCUT2D eigenvalue weighted by molar-refractivity contribution is 5.85. The molecule has 0 aliphatic rings. The molecular weight excluding hydrogens is 439 g/mol. The third-order valence-electron chi connectivity index (χ3n) is 6.93. The van der Waals surface area contributed by atoms with Crippen molar-refractivity contribution >= 4 is 10.8 Å². The van der Waals surface area contributed by atoms with E-state index in [1.807, 2.05) is 30.3 Å². The third kappa shape index (κ3) is 6.86. The molecule has 1 heteroatoms. The van der Waals surface area contributed by atoms with E-state index in [9.17, 15) is 4.39 Å². The zero-order valence-electron chi connectivity index (χ0n) is 21.7. The molecule has 0 aromatic heterocycles. The van der Waals surface area contributed by atoms with E-state index < -0.39 is 0 Å². The van der Waals surface area contributed by atoms with Crippen LogP contribution in [-0.4, -0.2) is 0 Å². The second-order valence-electron chi connectivity index (χ2n) is 9.77. The molecule has 36 heavy (non-hydrogen) atoms. The highest BCUT2D eigenvalue weighted by Crippen LogP contribution is 2.24. The lowest BCUT2D eigenvalue weighted by molar-refractivity contribution is 0.603. The van der Waals surface area contributed by atoms with Gasteiger partial charge in [0.15, 0.2) is 0 Å². The van der Waals surface area contributed by atoms with Gasteiger partial charge in [0.25, 0.3) is 0 Å². The molecule has 0 fully saturated rings. The van der Waals surface area contributed by atoms with Crippen molar-refractivity contribution in [3.05, 3.63) is 107 Å². The zero-order valence-corrected chi connectivity index (χ0v) is 21.7. The number of unbranched alkanes of at least 4 members (excludes halogenated alkanes) is 5. The van der Waals surface area contributed by atoms with Crippen LogP contribution in [0.4, 0.5) is 4.39 Å². The molecule has 184 valence electrons. The van der Waals surface area contributed by atoms with Crippen LogP contribution in [0.5, 0.6) is 0 Å². The van der Waals surface area contributed by atoms with Crippen LogP contribution in [0.2, 0.25) is 0 Å². The summed E-state index contributed by atoms with van der Waals surface area (Å²) in [6.07, 6.45) is 10.4. The van der Waals surface area contributed by atoms with E-state index in [1.165, 1.54) is 48.8 Å².